The van der Waals surface area contributed by atoms with Crippen LogP contribution in [0.5, 0.6) is 0 Å². The standard InChI is InChI=1S/C13H24N2O.ClH/c1-15(12-5-3-2-4-6-12)13(16)10-7-8-11(14)9-10;/h10-12H,2-9,14H2,1H3;1H. The molecule has 0 saturated heterocycles. The quantitative estimate of drug-likeness (QED) is 0.828. The van der Waals surface area contributed by atoms with Gasteiger partial charge < -0.3 is 10.6 Å². The molecule has 2 fully saturated rings. The number of hydrogen-bond acceptors (Lipinski definition) is 2. The smallest absolute Gasteiger partial charge is 0.225 e. The van der Waals surface area contributed by atoms with Crippen molar-refractivity contribution in [2.45, 2.75) is 63.5 Å². The summed E-state index contributed by atoms with van der Waals surface area (Å²) < 4.78 is 0. The Morgan fingerprint density at radius 2 is 1.76 bits per heavy atom. The van der Waals surface area contributed by atoms with E-state index in [1.807, 2.05) is 11.9 Å². The number of amides is 1. The van der Waals surface area contributed by atoms with Gasteiger partial charge in [0.05, 0.1) is 0 Å². The van der Waals surface area contributed by atoms with Gasteiger partial charge in [-0.05, 0) is 32.1 Å². The minimum absolute atomic E-state index is 0. The molecular formula is C13H25ClN2O. The molecule has 0 heterocycles. The third kappa shape index (κ3) is 3.59. The fourth-order valence-corrected chi connectivity index (χ4v) is 3.18. The highest BCUT2D eigenvalue weighted by Gasteiger charge is 2.32. The largest absolute Gasteiger partial charge is 0.343 e. The number of hydrogen-bond donors (Lipinski definition) is 1. The van der Waals surface area contributed by atoms with E-state index < -0.39 is 0 Å². The van der Waals surface area contributed by atoms with E-state index in [1.54, 1.807) is 0 Å². The van der Waals surface area contributed by atoms with Crippen molar-refractivity contribution < 1.29 is 4.79 Å². The van der Waals surface area contributed by atoms with Crippen LogP contribution < -0.4 is 5.73 Å². The molecule has 0 aromatic heterocycles. The SMILES string of the molecule is CN(C(=O)C1CCC(N)C1)C1CCCCC1.Cl. The molecule has 0 aromatic rings. The maximum Gasteiger partial charge on any atom is 0.225 e. The van der Waals surface area contributed by atoms with Gasteiger partial charge in [-0.15, -0.1) is 12.4 Å². The van der Waals surface area contributed by atoms with Gasteiger partial charge >= 0.3 is 0 Å². The van der Waals surface area contributed by atoms with Gasteiger partial charge in [0, 0.05) is 25.0 Å². The van der Waals surface area contributed by atoms with E-state index in [-0.39, 0.29) is 24.4 Å². The number of nitrogens with two attached hydrogens (primary N) is 1. The van der Waals surface area contributed by atoms with Gasteiger partial charge in [-0.3, -0.25) is 4.79 Å². The van der Waals surface area contributed by atoms with Crippen LogP contribution in [0.4, 0.5) is 0 Å². The van der Waals surface area contributed by atoms with Gasteiger partial charge in [0.25, 0.3) is 0 Å². The first-order chi connectivity index (χ1) is 7.68. The number of carbonyl (C=O) groups is 1. The first kappa shape index (κ1) is 14.8. The number of halogens is 1. The number of carbonyl (C=O) groups excluding carboxylic acids is 1. The molecule has 2 aliphatic carbocycles. The molecule has 0 radical (unpaired) electrons. The van der Waals surface area contributed by atoms with Crippen molar-refractivity contribution in [1.29, 1.82) is 0 Å². The average molecular weight is 261 g/mol. The Bertz CT molecular complexity index is 254. The molecule has 17 heavy (non-hydrogen) atoms. The second kappa shape index (κ2) is 6.60. The van der Waals surface area contributed by atoms with Gasteiger partial charge in [0.1, 0.15) is 0 Å². The van der Waals surface area contributed by atoms with Crippen molar-refractivity contribution in [3.63, 3.8) is 0 Å². The van der Waals surface area contributed by atoms with E-state index in [9.17, 15) is 4.79 Å². The number of rotatable bonds is 2. The predicted molar refractivity (Wildman–Crippen MR) is 72.2 cm³/mol. The zero-order valence-corrected chi connectivity index (χ0v) is 11.5. The molecule has 0 aromatic carbocycles. The molecule has 2 saturated carbocycles. The molecule has 4 heteroatoms. The minimum Gasteiger partial charge on any atom is -0.343 e. The highest BCUT2D eigenvalue weighted by molar-refractivity contribution is 5.85. The van der Waals surface area contributed by atoms with Gasteiger partial charge in [-0.2, -0.15) is 0 Å². The van der Waals surface area contributed by atoms with E-state index >= 15 is 0 Å². The monoisotopic (exact) mass is 260 g/mol. The van der Waals surface area contributed by atoms with Gasteiger partial charge in [-0.25, -0.2) is 0 Å². The van der Waals surface area contributed by atoms with E-state index in [2.05, 4.69) is 0 Å². The van der Waals surface area contributed by atoms with Crippen LogP contribution in [0.25, 0.3) is 0 Å². The Kier molecular flexibility index (Phi) is 5.74. The summed E-state index contributed by atoms with van der Waals surface area (Å²) in [5.74, 6) is 0.557. The highest BCUT2D eigenvalue weighted by atomic mass is 35.5. The molecule has 3 nitrogen and oxygen atoms in total. The number of nitrogens with zero attached hydrogens (tertiary/aromatic N) is 1. The topological polar surface area (TPSA) is 46.3 Å². The zero-order valence-electron chi connectivity index (χ0n) is 10.7. The molecular weight excluding hydrogens is 236 g/mol. The molecule has 2 atom stereocenters. The summed E-state index contributed by atoms with van der Waals surface area (Å²) >= 11 is 0. The third-order valence-electron chi connectivity index (χ3n) is 4.29. The summed E-state index contributed by atoms with van der Waals surface area (Å²) in [7, 11) is 1.99. The van der Waals surface area contributed by atoms with Crippen molar-refractivity contribution in [2.75, 3.05) is 7.05 Å². The highest BCUT2D eigenvalue weighted by Crippen LogP contribution is 2.28. The molecule has 100 valence electrons. The van der Waals surface area contributed by atoms with Crippen LogP contribution >= 0.6 is 12.4 Å². The fourth-order valence-electron chi connectivity index (χ4n) is 3.18. The van der Waals surface area contributed by atoms with E-state index in [0.717, 1.165) is 19.3 Å². The van der Waals surface area contributed by atoms with Crippen LogP contribution in [0.15, 0.2) is 0 Å². The van der Waals surface area contributed by atoms with Crippen molar-refractivity contribution in [3.8, 4) is 0 Å². The summed E-state index contributed by atoms with van der Waals surface area (Å²) in [5.41, 5.74) is 5.87. The molecule has 0 aliphatic heterocycles. The Morgan fingerprint density at radius 3 is 2.29 bits per heavy atom. The van der Waals surface area contributed by atoms with Crippen LogP contribution in [-0.4, -0.2) is 29.9 Å². The van der Waals surface area contributed by atoms with Crippen LogP contribution in [-0.2, 0) is 4.79 Å². The van der Waals surface area contributed by atoms with E-state index in [0.29, 0.717) is 11.9 Å². The lowest BCUT2D eigenvalue weighted by Crippen LogP contribution is -2.41. The summed E-state index contributed by atoms with van der Waals surface area (Å²) in [5, 5.41) is 0. The minimum atomic E-state index is 0. The van der Waals surface area contributed by atoms with Crippen LogP contribution in [0.3, 0.4) is 0 Å². The lowest BCUT2D eigenvalue weighted by molar-refractivity contribution is -0.136. The van der Waals surface area contributed by atoms with E-state index in [1.165, 1.54) is 32.1 Å². The first-order valence-electron chi connectivity index (χ1n) is 6.70. The summed E-state index contributed by atoms with van der Waals surface area (Å²) in [6.07, 6.45) is 9.22. The molecule has 2 aliphatic rings. The van der Waals surface area contributed by atoms with Crippen molar-refractivity contribution in [3.05, 3.63) is 0 Å². The first-order valence-corrected chi connectivity index (χ1v) is 6.70. The second-order valence-electron chi connectivity index (χ2n) is 5.51. The summed E-state index contributed by atoms with van der Waals surface area (Å²) in [6.45, 7) is 0. The van der Waals surface area contributed by atoms with Crippen LogP contribution in [0, 0.1) is 5.92 Å². The normalized spacial score (nSPS) is 29.8. The Balaban J connectivity index is 0.00000144. The Labute approximate surface area is 111 Å². The second-order valence-corrected chi connectivity index (χ2v) is 5.51. The zero-order chi connectivity index (χ0) is 11.5. The summed E-state index contributed by atoms with van der Waals surface area (Å²) in [6, 6.07) is 0.756. The Hall–Kier alpha value is -0.280. The van der Waals surface area contributed by atoms with Gasteiger partial charge in [-0.1, -0.05) is 19.3 Å². The van der Waals surface area contributed by atoms with Crippen LogP contribution in [0.1, 0.15) is 51.4 Å². The van der Waals surface area contributed by atoms with E-state index in [4.69, 9.17) is 5.73 Å². The third-order valence-corrected chi connectivity index (χ3v) is 4.29. The Morgan fingerprint density at radius 1 is 1.12 bits per heavy atom. The van der Waals surface area contributed by atoms with Crippen LogP contribution in [0.2, 0.25) is 0 Å². The lowest BCUT2D eigenvalue weighted by Gasteiger charge is -2.33. The molecule has 0 spiro atoms. The maximum atomic E-state index is 12.3. The van der Waals surface area contributed by atoms with Crippen molar-refractivity contribution in [2.24, 2.45) is 11.7 Å². The molecule has 2 rings (SSSR count). The average Bonchev–Trinajstić information content (AvgIpc) is 2.75. The maximum absolute atomic E-state index is 12.3. The molecule has 0 bridgehead atoms. The summed E-state index contributed by atoms with van der Waals surface area (Å²) in [4.78, 5) is 14.3. The molecule has 2 N–H and O–H groups in total. The predicted octanol–water partition coefficient (Wildman–Crippen LogP) is 2.33. The fraction of sp³-hybridized carbons (Fsp3) is 0.923. The van der Waals surface area contributed by atoms with Gasteiger partial charge in [0.15, 0.2) is 0 Å². The molecule has 1 amide bonds. The van der Waals surface area contributed by atoms with Gasteiger partial charge in [0.2, 0.25) is 5.91 Å². The molecule has 2 unspecified atom stereocenters. The van der Waals surface area contributed by atoms with Crippen molar-refractivity contribution in [1.82, 2.24) is 4.90 Å². The lowest BCUT2D eigenvalue weighted by atomic mass is 9.93. The van der Waals surface area contributed by atoms with Crippen molar-refractivity contribution >= 4 is 18.3 Å².